The molecule has 0 aliphatic heterocycles. The van der Waals surface area contributed by atoms with Crippen LogP contribution < -0.4 is 10.6 Å². The van der Waals surface area contributed by atoms with Crippen LogP contribution in [0.15, 0.2) is 72.8 Å². The van der Waals surface area contributed by atoms with Crippen LogP contribution in [0.3, 0.4) is 0 Å². The van der Waals surface area contributed by atoms with Crippen molar-refractivity contribution in [2.24, 2.45) is 0 Å². The molecule has 0 heterocycles. The Morgan fingerprint density at radius 1 is 0.824 bits per heavy atom. The summed E-state index contributed by atoms with van der Waals surface area (Å²) in [5, 5.41) is 14.3. The summed E-state index contributed by atoms with van der Waals surface area (Å²) in [6.45, 7) is 0.336. The van der Waals surface area contributed by atoms with Gasteiger partial charge >= 0.3 is 12.1 Å². The summed E-state index contributed by atoms with van der Waals surface area (Å²) < 4.78 is 5.48. The van der Waals surface area contributed by atoms with Crippen molar-refractivity contribution in [1.82, 2.24) is 5.32 Å². The highest BCUT2D eigenvalue weighted by Crippen LogP contribution is 2.44. The molecule has 2 amide bonds. The van der Waals surface area contributed by atoms with Gasteiger partial charge < -0.3 is 20.5 Å². The fraction of sp³-hybridized carbons (Fsp3) is 0.222. The zero-order valence-electron chi connectivity index (χ0n) is 18.6. The highest BCUT2D eigenvalue weighted by atomic mass is 16.5. The number of carboxylic acids is 1. The number of ether oxygens (including phenoxy) is 1. The van der Waals surface area contributed by atoms with E-state index in [0.717, 1.165) is 27.8 Å². The van der Waals surface area contributed by atoms with E-state index in [4.69, 9.17) is 9.84 Å². The average Bonchev–Trinajstić information content (AvgIpc) is 3.16. The number of alkyl carbamates (subject to hydrolysis) is 1. The number of aryl methyl sites for hydroxylation is 1. The number of amides is 2. The third-order valence-electron chi connectivity index (χ3n) is 5.86. The van der Waals surface area contributed by atoms with Gasteiger partial charge in [-0.25, -0.2) is 4.79 Å². The number of rotatable bonds is 9. The van der Waals surface area contributed by atoms with E-state index in [0.29, 0.717) is 12.1 Å². The maximum atomic E-state index is 12.3. The number of para-hydroxylation sites is 1. The van der Waals surface area contributed by atoms with E-state index in [-0.39, 0.29) is 37.8 Å². The molecule has 0 fully saturated rings. The predicted octanol–water partition coefficient (Wildman–Crippen LogP) is 4.57. The first-order chi connectivity index (χ1) is 16.5. The number of aliphatic carboxylic acids is 1. The summed E-state index contributed by atoms with van der Waals surface area (Å²) >= 11 is 0. The Balaban J connectivity index is 1.25. The molecule has 0 saturated carbocycles. The van der Waals surface area contributed by atoms with Crippen LogP contribution in [0, 0.1) is 0 Å². The molecule has 7 nitrogen and oxygen atoms in total. The molecular formula is C27H26N2O5. The first-order valence-electron chi connectivity index (χ1n) is 11.2. The molecule has 3 aromatic rings. The molecule has 0 spiro atoms. The summed E-state index contributed by atoms with van der Waals surface area (Å²) in [5.74, 6) is -1.20. The number of fused-ring (bicyclic) bond motifs is 3. The number of carboxylic acid groups (broad SMARTS) is 1. The van der Waals surface area contributed by atoms with E-state index >= 15 is 0 Å². The van der Waals surface area contributed by atoms with Crippen LogP contribution in [-0.2, 0) is 20.7 Å². The van der Waals surface area contributed by atoms with Gasteiger partial charge in [-0.2, -0.15) is 0 Å². The van der Waals surface area contributed by atoms with Gasteiger partial charge in [0, 0.05) is 31.0 Å². The van der Waals surface area contributed by atoms with E-state index < -0.39 is 12.1 Å². The molecule has 0 saturated heterocycles. The van der Waals surface area contributed by atoms with Gasteiger partial charge in [0.1, 0.15) is 6.61 Å². The van der Waals surface area contributed by atoms with Crippen LogP contribution in [-0.4, -0.2) is 36.2 Å². The van der Waals surface area contributed by atoms with Crippen molar-refractivity contribution >= 4 is 23.7 Å². The minimum Gasteiger partial charge on any atom is -0.481 e. The Morgan fingerprint density at radius 3 is 2.12 bits per heavy atom. The molecule has 34 heavy (non-hydrogen) atoms. The van der Waals surface area contributed by atoms with Crippen molar-refractivity contribution in [3.63, 3.8) is 0 Å². The Morgan fingerprint density at radius 2 is 1.44 bits per heavy atom. The van der Waals surface area contributed by atoms with Crippen LogP contribution in [0.25, 0.3) is 11.1 Å². The second-order valence-corrected chi connectivity index (χ2v) is 8.10. The zero-order valence-corrected chi connectivity index (χ0v) is 18.6. The van der Waals surface area contributed by atoms with Crippen molar-refractivity contribution in [1.29, 1.82) is 0 Å². The number of hydrogen-bond acceptors (Lipinski definition) is 4. The molecule has 174 valence electrons. The minimum absolute atomic E-state index is 0.0176. The predicted molar refractivity (Wildman–Crippen MR) is 129 cm³/mol. The van der Waals surface area contributed by atoms with E-state index in [9.17, 15) is 14.4 Å². The molecule has 4 rings (SSSR count). The topological polar surface area (TPSA) is 105 Å². The lowest BCUT2D eigenvalue weighted by molar-refractivity contribution is -0.137. The first-order valence-corrected chi connectivity index (χ1v) is 11.2. The lowest BCUT2D eigenvalue weighted by Gasteiger charge is -2.14. The van der Waals surface area contributed by atoms with Gasteiger partial charge in [-0.1, -0.05) is 66.7 Å². The number of anilines is 1. The molecule has 1 aliphatic rings. The summed E-state index contributed by atoms with van der Waals surface area (Å²) in [4.78, 5) is 35.4. The van der Waals surface area contributed by atoms with Gasteiger partial charge in [-0.3, -0.25) is 9.59 Å². The molecule has 3 N–H and O–H groups in total. The Bertz CT molecular complexity index is 1160. The molecule has 0 bridgehead atoms. The molecule has 1 aliphatic carbocycles. The average molecular weight is 459 g/mol. The van der Waals surface area contributed by atoms with E-state index in [1.807, 2.05) is 24.3 Å². The van der Waals surface area contributed by atoms with Gasteiger partial charge in [-0.15, -0.1) is 0 Å². The Labute approximate surface area is 197 Å². The highest BCUT2D eigenvalue weighted by Gasteiger charge is 2.28. The Hall–Kier alpha value is -4.13. The molecule has 7 heteroatoms. The molecule has 0 aromatic heterocycles. The van der Waals surface area contributed by atoms with Gasteiger partial charge in [0.15, 0.2) is 0 Å². The minimum atomic E-state index is -0.895. The number of carbonyl (C=O) groups is 3. The lowest BCUT2D eigenvalue weighted by atomic mass is 9.98. The van der Waals surface area contributed by atoms with Crippen LogP contribution in [0.2, 0.25) is 0 Å². The maximum Gasteiger partial charge on any atom is 0.407 e. The van der Waals surface area contributed by atoms with Crippen molar-refractivity contribution in [2.45, 2.75) is 25.2 Å². The zero-order chi connectivity index (χ0) is 23.9. The molecule has 3 aromatic carbocycles. The SMILES string of the molecule is O=C(O)CCc1ccccc1NC(=O)CCNC(=O)OCC1c2ccccc2-c2ccccc21. The monoisotopic (exact) mass is 458 g/mol. The Kier molecular flexibility index (Phi) is 7.22. The fourth-order valence-electron chi connectivity index (χ4n) is 4.24. The van der Waals surface area contributed by atoms with Crippen LogP contribution in [0.5, 0.6) is 0 Å². The van der Waals surface area contributed by atoms with Crippen LogP contribution >= 0.6 is 0 Å². The summed E-state index contributed by atoms with van der Waals surface area (Å²) in [7, 11) is 0. The van der Waals surface area contributed by atoms with Crippen LogP contribution in [0.4, 0.5) is 10.5 Å². The van der Waals surface area contributed by atoms with Crippen molar-refractivity contribution < 1.29 is 24.2 Å². The molecule has 0 radical (unpaired) electrons. The van der Waals surface area contributed by atoms with Crippen molar-refractivity contribution in [3.8, 4) is 11.1 Å². The lowest BCUT2D eigenvalue weighted by Crippen LogP contribution is -2.29. The van der Waals surface area contributed by atoms with E-state index in [1.165, 1.54) is 0 Å². The van der Waals surface area contributed by atoms with Gasteiger partial charge in [-0.05, 0) is 40.3 Å². The quantitative estimate of drug-likeness (QED) is 0.436. The third kappa shape index (κ3) is 5.43. The van der Waals surface area contributed by atoms with Crippen molar-refractivity contribution in [2.75, 3.05) is 18.5 Å². The molecule has 0 atom stereocenters. The van der Waals surface area contributed by atoms with Gasteiger partial charge in [0.05, 0.1) is 0 Å². The number of carbonyl (C=O) groups excluding carboxylic acids is 2. The summed E-state index contributed by atoms with van der Waals surface area (Å²) in [5.41, 5.74) is 5.92. The number of hydrogen-bond donors (Lipinski definition) is 3. The second-order valence-electron chi connectivity index (χ2n) is 8.10. The standard InChI is InChI=1S/C27H26N2O5/c30-25(29-24-12-6-1-7-18(24)13-14-26(31)32)15-16-28-27(33)34-17-23-21-10-4-2-8-19(21)20-9-3-5-11-22(20)23/h1-12,23H,13-17H2,(H,28,33)(H,29,30)(H,31,32). The largest absolute Gasteiger partial charge is 0.481 e. The highest BCUT2D eigenvalue weighted by molar-refractivity contribution is 5.92. The van der Waals surface area contributed by atoms with E-state index in [1.54, 1.807) is 24.3 Å². The fourth-order valence-corrected chi connectivity index (χ4v) is 4.24. The van der Waals surface area contributed by atoms with Gasteiger partial charge in [0.25, 0.3) is 0 Å². The molecule has 0 unspecified atom stereocenters. The number of benzene rings is 3. The van der Waals surface area contributed by atoms with Gasteiger partial charge in [0.2, 0.25) is 5.91 Å². The van der Waals surface area contributed by atoms with Crippen molar-refractivity contribution in [3.05, 3.63) is 89.5 Å². The number of nitrogens with one attached hydrogen (secondary N) is 2. The smallest absolute Gasteiger partial charge is 0.407 e. The normalized spacial score (nSPS) is 11.9. The molecular weight excluding hydrogens is 432 g/mol. The first kappa shape index (κ1) is 23.0. The second kappa shape index (κ2) is 10.7. The summed E-state index contributed by atoms with van der Waals surface area (Å²) in [6, 6.07) is 23.3. The third-order valence-corrected chi connectivity index (χ3v) is 5.86. The van der Waals surface area contributed by atoms with Crippen LogP contribution in [0.1, 0.15) is 35.4 Å². The summed E-state index contributed by atoms with van der Waals surface area (Å²) in [6.07, 6.45) is -0.200. The maximum absolute atomic E-state index is 12.3. The van der Waals surface area contributed by atoms with E-state index in [2.05, 4.69) is 34.9 Å².